The number of carbonyl (C=O) groups is 1. The Hall–Kier alpha value is -1.29. The van der Waals surface area contributed by atoms with Gasteiger partial charge in [-0.05, 0) is 59.3 Å². The van der Waals surface area contributed by atoms with Crippen LogP contribution in [0.5, 0.6) is 5.75 Å². The second kappa shape index (κ2) is 6.75. The van der Waals surface area contributed by atoms with E-state index >= 15 is 0 Å². The highest BCUT2D eigenvalue weighted by atomic mass is 79.9. The molecule has 0 radical (unpaired) electrons. The van der Waals surface area contributed by atoms with Gasteiger partial charge in [-0.25, -0.2) is 0 Å². The number of ether oxygens (including phenoxy) is 1. The maximum Gasteiger partial charge on any atom is 0.252 e. The van der Waals surface area contributed by atoms with E-state index in [1.807, 2.05) is 12.1 Å². The summed E-state index contributed by atoms with van der Waals surface area (Å²) in [6.07, 6.45) is 7.72. The van der Waals surface area contributed by atoms with Gasteiger partial charge in [-0.15, -0.1) is 0 Å². The molecule has 4 heteroatoms. The molecule has 1 N–H and O–H groups in total. The SMILES string of the molecule is COc1ccc(Br)c(C(=O)NCC2CC=CCC2)c1. The standard InChI is InChI=1S/C15H18BrNO2/c1-19-12-7-8-14(16)13(9-12)15(18)17-10-11-5-3-2-4-6-11/h2-3,7-9,11H,4-6,10H2,1H3,(H,17,18). The average Bonchev–Trinajstić information content (AvgIpc) is 2.46. The van der Waals surface area contributed by atoms with Crippen molar-refractivity contribution in [1.29, 1.82) is 0 Å². The number of hydrogen-bond donors (Lipinski definition) is 1. The van der Waals surface area contributed by atoms with Gasteiger partial charge in [0.05, 0.1) is 12.7 Å². The Bertz CT molecular complexity index is 485. The molecule has 0 spiro atoms. The lowest BCUT2D eigenvalue weighted by Gasteiger charge is -2.18. The number of allylic oxidation sites excluding steroid dienone is 2. The van der Waals surface area contributed by atoms with Gasteiger partial charge in [0.2, 0.25) is 0 Å². The Morgan fingerprint density at radius 3 is 3.00 bits per heavy atom. The Balaban J connectivity index is 1.97. The van der Waals surface area contributed by atoms with Gasteiger partial charge in [0.25, 0.3) is 5.91 Å². The molecular weight excluding hydrogens is 306 g/mol. The van der Waals surface area contributed by atoms with Crippen molar-refractivity contribution in [1.82, 2.24) is 5.32 Å². The Kier molecular flexibility index (Phi) is 5.02. The fourth-order valence-corrected chi connectivity index (χ4v) is 2.61. The van der Waals surface area contributed by atoms with Gasteiger partial charge in [-0.3, -0.25) is 4.79 Å². The molecule has 2 rings (SSSR count). The summed E-state index contributed by atoms with van der Waals surface area (Å²) in [5.74, 6) is 1.19. The minimum atomic E-state index is -0.0553. The topological polar surface area (TPSA) is 38.3 Å². The van der Waals surface area contributed by atoms with Gasteiger partial charge in [-0.1, -0.05) is 12.2 Å². The highest BCUT2D eigenvalue weighted by Crippen LogP contribution is 2.23. The van der Waals surface area contributed by atoms with Gasteiger partial charge in [0.1, 0.15) is 5.75 Å². The van der Waals surface area contributed by atoms with Crippen LogP contribution in [-0.4, -0.2) is 19.6 Å². The molecule has 0 bridgehead atoms. The molecule has 0 aliphatic heterocycles. The van der Waals surface area contributed by atoms with Gasteiger partial charge in [0.15, 0.2) is 0 Å². The van der Waals surface area contributed by atoms with E-state index in [1.54, 1.807) is 13.2 Å². The first kappa shape index (κ1) is 14.1. The van der Waals surface area contributed by atoms with E-state index in [1.165, 1.54) is 0 Å². The van der Waals surface area contributed by atoms with Crippen LogP contribution < -0.4 is 10.1 Å². The number of carbonyl (C=O) groups excluding carboxylic acids is 1. The van der Waals surface area contributed by atoms with Crippen molar-refractivity contribution in [2.24, 2.45) is 5.92 Å². The predicted octanol–water partition coefficient (Wildman–Crippen LogP) is 3.54. The van der Waals surface area contributed by atoms with Gasteiger partial charge >= 0.3 is 0 Å². The van der Waals surface area contributed by atoms with E-state index < -0.39 is 0 Å². The fraction of sp³-hybridized carbons (Fsp3) is 0.400. The lowest BCUT2D eigenvalue weighted by Crippen LogP contribution is -2.29. The first-order valence-corrected chi connectivity index (χ1v) is 7.26. The summed E-state index contributed by atoms with van der Waals surface area (Å²) in [5, 5.41) is 3.00. The van der Waals surface area contributed by atoms with Crippen LogP contribution >= 0.6 is 15.9 Å². The highest BCUT2D eigenvalue weighted by Gasteiger charge is 2.14. The zero-order valence-electron chi connectivity index (χ0n) is 11.0. The number of methoxy groups -OCH3 is 1. The highest BCUT2D eigenvalue weighted by molar-refractivity contribution is 9.10. The van der Waals surface area contributed by atoms with Crippen molar-refractivity contribution in [2.45, 2.75) is 19.3 Å². The van der Waals surface area contributed by atoms with Crippen LogP contribution in [-0.2, 0) is 0 Å². The number of rotatable bonds is 4. The van der Waals surface area contributed by atoms with Crippen LogP contribution in [0.25, 0.3) is 0 Å². The van der Waals surface area contributed by atoms with Crippen LogP contribution in [0.1, 0.15) is 29.6 Å². The molecule has 3 nitrogen and oxygen atoms in total. The predicted molar refractivity (Wildman–Crippen MR) is 79.5 cm³/mol. The molecule has 1 unspecified atom stereocenters. The molecule has 102 valence electrons. The first-order valence-electron chi connectivity index (χ1n) is 6.47. The maximum atomic E-state index is 12.2. The van der Waals surface area contributed by atoms with Crippen LogP contribution in [0.2, 0.25) is 0 Å². The van der Waals surface area contributed by atoms with E-state index in [-0.39, 0.29) is 5.91 Å². The molecule has 1 aromatic carbocycles. The average molecular weight is 324 g/mol. The number of hydrogen-bond acceptors (Lipinski definition) is 2. The second-order valence-corrected chi connectivity index (χ2v) is 5.56. The van der Waals surface area contributed by atoms with E-state index in [0.29, 0.717) is 17.2 Å². The van der Waals surface area contributed by atoms with Crippen LogP contribution in [0.3, 0.4) is 0 Å². The molecule has 0 saturated heterocycles. The number of nitrogens with one attached hydrogen (secondary N) is 1. The van der Waals surface area contributed by atoms with Crippen molar-refractivity contribution in [3.8, 4) is 5.75 Å². The molecule has 1 amide bonds. The van der Waals surface area contributed by atoms with E-state index in [0.717, 1.165) is 30.3 Å². The summed E-state index contributed by atoms with van der Waals surface area (Å²) in [6.45, 7) is 0.729. The summed E-state index contributed by atoms with van der Waals surface area (Å²) in [4.78, 5) is 12.2. The molecule has 0 heterocycles. The molecule has 0 fully saturated rings. The molecule has 1 aliphatic rings. The molecule has 19 heavy (non-hydrogen) atoms. The summed E-state index contributed by atoms with van der Waals surface area (Å²) in [6, 6.07) is 5.41. The molecule has 0 saturated carbocycles. The third-order valence-corrected chi connectivity index (χ3v) is 4.04. The normalized spacial score (nSPS) is 18.1. The zero-order chi connectivity index (χ0) is 13.7. The van der Waals surface area contributed by atoms with Gasteiger partial charge < -0.3 is 10.1 Å². The molecule has 1 aromatic rings. The lowest BCUT2D eigenvalue weighted by atomic mass is 9.94. The van der Waals surface area contributed by atoms with Gasteiger partial charge in [-0.2, -0.15) is 0 Å². The number of amides is 1. The monoisotopic (exact) mass is 323 g/mol. The molecule has 0 aromatic heterocycles. The largest absolute Gasteiger partial charge is 0.497 e. The molecular formula is C15H18BrNO2. The third-order valence-electron chi connectivity index (χ3n) is 3.35. The quantitative estimate of drug-likeness (QED) is 0.860. The Morgan fingerprint density at radius 2 is 2.32 bits per heavy atom. The van der Waals surface area contributed by atoms with Crippen LogP contribution in [0.15, 0.2) is 34.8 Å². The van der Waals surface area contributed by atoms with Gasteiger partial charge in [0, 0.05) is 11.0 Å². The third kappa shape index (κ3) is 3.83. The zero-order valence-corrected chi connectivity index (χ0v) is 12.6. The smallest absolute Gasteiger partial charge is 0.252 e. The minimum absolute atomic E-state index is 0.0553. The summed E-state index contributed by atoms with van der Waals surface area (Å²) < 4.78 is 5.93. The van der Waals surface area contributed by atoms with Crippen molar-refractivity contribution in [2.75, 3.05) is 13.7 Å². The maximum absolute atomic E-state index is 12.2. The first-order chi connectivity index (χ1) is 9.20. The summed E-state index contributed by atoms with van der Waals surface area (Å²) >= 11 is 3.40. The lowest BCUT2D eigenvalue weighted by molar-refractivity contribution is 0.0945. The second-order valence-electron chi connectivity index (χ2n) is 4.71. The minimum Gasteiger partial charge on any atom is -0.497 e. The van der Waals surface area contributed by atoms with Crippen molar-refractivity contribution in [3.05, 3.63) is 40.4 Å². The van der Waals surface area contributed by atoms with E-state index in [2.05, 4.69) is 33.4 Å². The molecule has 1 aliphatic carbocycles. The summed E-state index contributed by atoms with van der Waals surface area (Å²) in [5.41, 5.74) is 0.616. The van der Waals surface area contributed by atoms with E-state index in [9.17, 15) is 4.79 Å². The molecule has 1 atom stereocenters. The fourth-order valence-electron chi connectivity index (χ4n) is 2.18. The van der Waals surface area contributed by atoms with E-state index in [4.69, 9.17) is 4.74 Å². The number of benzene rings is 1. The Labute approximate surface area is 122 Å². The van der Waals surface area contributed by atoms with Crippen molar-refractivity contribution in [3.63, 3.8) is 0 Å². The van der Waals surface area contributed by atoms with Crippen LogP contribution in [0.4, 0.5) is 0 Å². The van der Waals surface area contributed by atoms with Crippen LogP contribution in [0, 0.1) is 5.92 Å². The van der Waals surface area contributed by atoms with Crippen molar-refractivity contribution >= 4 is 21.8 Å². The number of halogens is 1. The Morgan fingerprint density at radius 1 is 1.47 bits per heavy atom. The van der Waals surface area contributed by atoms with Crippen molar-refractivity contribution < 1.29 is 9.53 Å². The summed E-state index contributed by atoms with van der Waals surface area (Å²) in [7, 11) is 1.60.